The highest BCUT2D eigenvalue weighted by atomic mass is 16.4. The second-order valence-electron chi connectivity index (χ2n) is 5.09. The van der Waals surface area contributed by atoms with Gasteiger partial charge < -0.3 is 9.67 Å². The summed E-state index contributed by atoms with van der Waals surface area (Å²) in [6.45, 7) is 4.52. The zero-order valence-electron chi connectivity index (χ0n) is 10.3. The number of imidazole rings is 1. The number of nitrogens with one attached hydrogen (secondary N) is 1. The summed E-state index contributed by atoms with van der Waals surface area (Å²) in [5.41, 5.74) is -0.792. The summed E-state index contributed by atoms with van der Waals surface area (Å²) in [5.74, 6) is -0.484. The van der Waals surface area contributed by atoms with Crippen LogP contribution in [0.4, 0.5) is 0 Å². The van der Waals surface area contributed by atoms with E-state index in [1.165, 1.54) is 0 Å². The molecule has 0 amide bonds. The Morgan fingerprint density at radius 3 is 2.88 bits per heavy atom. The first-order valence-corrected chi connectivity index (χ1v) is 5.99. The lowest BCUT2D eigenvalue weighted by molar-refractivity contribution is -0.145. The minimum absolute atomic E-state index is 0.103. The second-order valence-corrected chi connectivity index (χ2v) is 5.09. The molecule has 2 rings (SSSR count). The maximum atomic E-state index is 11.4. The summed E-state index contributed by atoms with van der Waals surface area (Å²) in [5, 5.41) is 12.6. The lowest BCUT2D eigenvalue weighted by Crippen LogP contribution is -2.55. The molecule has 1 saturated carbocycles. The van der Waals surface area contributed by atoms with Gasteiger partial charge in [0.05, 0.1) is 6.33 Å². The first-order valence-electron chi connectivity index (χ1n) is 5.99. The molecular weight excluding hydrogens is 218 g/mol. The van der Waals surface area contributed by atoms with Crippen LogP contribution in [0.3, 0.4) is 0 Å². The number of rotatable bonds is 6. The molecule has 2 N–H and O–H groups in total. The summed E-state index contributed by atoms with van der Waals surface area (Å²) < 4.78 is 1.95. The maximum Gasteiger partial charge on any atom is 0.323 e. The Labute approximate surface area is 101 Å². The molecule has 1 aromatic heterocycles. The molecule has 1 heterocycles. The van der Waals surface area contributed by atoms with E-state index in [0.717, 1.165) is 19.4 Å². The Morgan fingerprint density at radius 2 is 2.41 bits per heavy atom. The first-order chi connectivity index (χ1) is 8.02. The van der Waals surface area contributed by atoms with Gasteiger partial charge in [-0.2, -0.15) is 0 Å². The topological polar surface area (TPSA) is 67.2 Å². The minimum Gasteiger partial charge on any atom is -0.480 e. The Hall–Kier alpha value is -1.36. The van der Waals surface area contributed by atoms with Crippen LogP contribution in [0.1, 0.15) is 26.7 Å². The van der Waals surface area contributed by atoms with Crippen molar-refractivity contribution in [3.63, 3.8) is 0 Å². The maximum absolute atomic E-state index is 11.4. The number of carboxylic acids is 1. The molecule has 2 atom stereocenters. The summed E-state index contributed by atoms with van der Waals surface area (Å²) in [7, 11) is 0. The number of hydrogen-bond donors (Lipinski definition) is 2. The Morgan fingerprint density at radius 1 is 1.71 bits per heavy atom. The summed E-state index contributed by atoms with van der Waals surface area (Å²) in [6.07, 6.45) is 7.37. The van der Waals surface area contributed by atoms with E-state index >= 15 is 0 Å². The van der Waals surface area contributed by atoms with Gasteiger partial charge in [0.1, 0.15) is 5.54 Å². The third kappa shape index (κ3) is 2.66. The lowest BCUT2D eigenvalue weighted by atomic mass is 9.95. The van der Waals surface area contributed by atoms with E-state index in [2.05, 4.69) is 10.3 Å². The van der Waals surface area contributed by atoms with Crippen LogP contribution in [-0.4, -0.2) is 32.2 Å². The molecule has 17 heavy (non-hydrogen) atoms. The van der Waals surface area contributed by atoms with Gasteiger partial charge in [-0.15, -0.1) is 0 Å². The van der Waals surface area contributed by atoms with Crippen molar-refractivity contribution in [1.82, 2.24) is 14.9 Å². The Bertz CT molecular complexity index is 386. The molecule has 0 aliphatic heterocycles. The average molecular weight is 237 g/mol. The number of aliphatic carboxylic acids is 1. The van der Waals surface area contributed by atoms with Gasteiger partial charge in [-0.05, 0) is 32.6 Å². The highest BCUT2D eigenvalue weighted by Gasteiger charge is 2.47. The molecule has 0 spiro atoms. The third-order valence-electron chi connectivity index (χ3n) is 3.43. The standard InChI is InChI=1S/C12H19N3O2/c1-9(7-15-6-5-13-8-15)14-12(2,11(16)17)10-3-4-10/h5-6,8-10,14H,3-4,7H2,1-2H3,(H,16,17). The number of nitrogens with zero attached hydrogens (tertiary/aromatic N) is 2. The molecule has 1 aromatic rings. The van der Waals surface area contributed by atoms with Crippen LogP contribution in [0.2, 0.25) is 0 Å². The predicted octanol–water partition coefficient (Wildman–Crippen LogP) is 1.11. The van der Waals surface area contributed by atoms with Crippen LogP contribution in [0.25, 0.3) is 0 Å². The zero-order chi connectivity index (χ0) is 12.5. The molecule has 2 unspecified atom stereocenters. The molecule has 0 bridgehead atoms. The Balaban J connectivity index is 1.96. The van der Waals surface area contributed by atoms with Crippen molar-refractivity contribution in [1.29, 1.82) is 0 Å². The van der Waals surface area contributed by atoms with Gasteiger partial charge in [0.2, 0.25) is 0 Å². The molecule has 1 aliphatic carbocycles. The molecule has 0 aromatic carbocycles. The highest BCUT2D eigenvalue weighted by Crippen LogP contribution is 2.40. The van der Waals surface area contributed by atoms with Gasteiger partial charge >= 0.3 is 5.97 Å². The lowest BCUT2D eigenvalue weighted by Gasteiger charge is -2.30. The highest BCUT2D eigenvalue weighted by molar-refractivity contribution is 5.79. The number of carbonyl (C=O) groups is 1. The molecule has 5 heteroatoms. The Kier molecular flexibility index (Phi) is 3.19. The van der Waals surface area contributed by atoms with Crippen LogP contribution in [0.5, 0.6) is 0 Å². The van der Waals surface area contributed by atoms with E-state index in [-0.39, 0.29) is 12.0 Å². The van der Waals surface area contributed by atoms with Crippen molar-refractivity contribution in [2.24, 2.45) is 5.92 Å². The molecular formula is C12H19N3O2. The number of hydrogen-bond acceptors (Lipinski definition) is 3. The normalized spacial score (nSPS) is 20.8. The van der Waals surface area contributed by atoms with Gasteiger partial charge in [-0.25, -0.2) is 4.98 Å². The van der Waals surface area contributed by atoms with Gasteiger partial charge in [-0.1, -0.05) is 0 Å². The fourth-order valence-electron chi connectivity index (χ4n) is 2.28. The predicted molar refractivity (Wildman–Crippen MR) is 63.6 cm³/mol. The van der Waals surface area contributed by atoms with Crippen molar-refractivity contribution in [2.75, 3.05) is 0 Å². The monoisotopic (exact) mass is 237 g/mol. The van der Waals surface area contributed by atoms with Crippen LogP contribution in [0, 0.1) is 5.92 Å². The van der Waals surface area contributed by atoms with E-state index in [4.69, 9.17) is 0 Å². The van der Waals surface area contributed by atoms with Crippen LogP contribution >= 0.6 is 0 Å². The molecule has 1 aliphatic rings. The molecule has 94 valence electrons. The van der Waals surface area contributed by atoms with Crippen molar-refractivity contribution < 1.29 is 9.90 Å². The van der Waals surface area contributed by atoms with E-state index < -0.39 is 11.5 Å². The summed E-state index contributed by atoms with van der Waals surface area (Å²) in [4.78, 5) is 15.3. The first kappa shape index (κ1) is 12.1. The molecule has 1 fully saturated rings. The van der Waals surface area contributed by atoms with Crippen LogP contribution in [0.15, 0.2) is 18.7 Å². The quantitative estimate of drug-likeness (QED) is 0.778. The zero-order valence-corrected chi connectivity index (χ0v) is 10.3. The van der Waals surface area contributed by atoms with Crippen molar-refractivity contribution >= 4 is 5.97 Å². The molecule has 5 nitrogen and oxygen atoms in total. The number of carboxylic acid groups (broad SMARTS) is 1. The molecule has 0 radical (unpaired) electrons. The SMILES string of the molecule is CC(Cn1ccnc1)NC(C)(C(=O)O)C1CC1. The van der Waals surface area contributed by atoms with Crippen molar-refractivity contribution in [3.8, 4) is 0 Å². The fraction of sp³-hybridized carbons (Fsp3) is 0.667. The largest absolute Gasteiger partial charge is 0.480 e. The van der Waals surface area contributed by atoms with Crippen LogP contribution in [-0.2, 0) is 11.3 Å². The minimum atomic E-state index is -0.792. The van der Waals surface area contributed by atoms with E-state index in [9.17, 15) is 9.90 Å². The van der Waals surface area contributed by atoms with Gasteiger partial charge in [0.15, 0.2) is 0 Å². The van der Waals surface area contributed by atoms with Crippen molar-refractivity contribution in [2.45, 2.75) is 44.8 Å². The van der Waals surface area contributed by atoms with Gasteiger partial charge in [-0.3, -0.25) is 10.1 Å². The van der Waals surface area contributed by atoms with Gasteiger partial charge in [0.25, 0.3) is 0 Å². The second kappa shape index (κ2) is 4.49. The summed E-state index contributed by atoms with van der Waals surface area (Å²) in [6, 6.07) is 0.103. The number of aromatic nitrogens is 2. The van der Waals surface area contributed by atoms with E-state index in [0.29, 0.717) is 0 Å². The summed E-state index contributed by atoms with van der Waals surface area (Å²) >= 11 is 0. The smallest absolute Gasteiger partial charge is 0.323 e. The fourth-order valence-corrected chi connectivity index (χ4v) is 2.28. The molecule has 0 saturated heterocycles. The van der Waals surface area contributed by atoms with E-state index in [1.807, 2.05) is 17.7 Å². The van der Waals surface area contributed by atoms with E-state index in [1.54, 1.807) is 19.4 Å². The third-order valence-corrected chi connectivity index (χ3v) is 3.43. The van der Waals surface area contributed by atoms with Crippen molar-refractivity contribution in [3.05, 3.63) is 18.7 Å². The van der Waals surface area contributed by atoms with Crippen LogP contribution < -0.4 is 5.32 Å². The van der Waals surface area contributed by atoms with Gasteiger partial charge in [0, 0.05) is 25.0 Å². The average Bonchev–Trinajstić information content (AvgIpc) is 2.99.